The van der Waals surface area contributed by atoms with E-state index in [1.165, 1.54) is 88.2 Å². The first-order chi connectivity index (χ1) is 27.3. The maximum absolute atomic E-state index is 2.52. The predicted molar refractivity (Wildman–Crippen MR) is 228 cm³/mol. The van der Waals surface area contributed by atoms with Crippen molar-refractivity contribution in [1.29, 1.82) is 0 Å². The highest BCUT2D eigenvalue weighted by molar-refractivity contribution is 6.12. The summed E-state index contributed by atoms with van der Waals surface area (Å²) in [7, 11) is 0. The van der Waals surface area contributed by atoms with Crippen LogP contribution in [0.2, 0.25) is 0 Å². The van der Waals surface area contributed by atoms with E-state index in [-0.39, 0.29) is 5.41 Å². The number of benzene rings is 9. The average molecular weight is 697 g/mol. The van der Waals surface area contributed by atoms with Crippen LogP contribution >= 0.6 is 0 Å². The van der Waals surface area contributed by atoms with E-state index in [9.17, 15) is 0 Å². The fourth-order valence-electron chi connectivity index (χ4n) is 10.7. The standard InChI is InChI=1S/C53H32N2/c1-2-15-34(16-3-1)55-49-25-9-7-19-40(49)45-31-35(28-30-50(45)55)54(48-26-10-14-33-13-4-5-17-37(33)48)36-27-29-39-42-21-12-23-44-43-22-11-20-41-38-18-6-8-24-46(38)53(51(41)43,52(42)44)47(39)32-36/h1-32H. The lowest BCUT2D eigenvalue weighted by Crippen LogP contribution is -2.23. The first-order valence-electron chi connectivity index (χ1n) is 19.2. The Morgan fingerprint density at radius 1 is 0.364 bits per heavy atom. The lowest BCUT2D eigenvalue weighted by Gasteiger charge is -2.31. The third kappa shape index (κ3) is 3.60. The molecule has 0 N–H and O–H groups in total. The van der Waals surface area contributed by atoms with Crippen molar-refractivity contribution in [2.24, 2.45) is 0 Å². The van der Waals surface area contributed by atoms with Gasteiger partial charge in [-0.2, -0.15) is 0 Å². The zero-order chi connectivity index (χ0) is 35.8. The average Bonchev–Trinajstić information content (AvgIpc) is 3.94. The molecule has 1 heterocycles. The van der Waals surface area contributed by atoms with Crippen LogP contribution in [-0.4, -0.2) is 4.57 Å². The molecule has 1 aromatic heterocycles. The van der Waals surface area contributed by atoms with Crippen LogP contribution in [0.1, 0.15) is 22.3 Å². The molecule has 0 aliphatic heterocycles. The maximum atomic E-state index is 2.52. The molecule has 55 heavy (non-hydrogen) atoms. The molecule has 0 saturated carbocycles. The predicted octanol–water partition coefficient (Wildman–Crippen LogP) is 13.7. The molecule has 0 radical (unpaired) electrons. The second-order valence-electron chi connectivity index (χ2n) is 15.2. The molecule has 2 heteroatoms. The topological polar surface area (TPSA) is 8.17 Å². The summed E-state index contributed by atoms with van der Waals surface area (Å²) < 4.78 is 2.40. The van der Waals surface area contributed by atoms with Crippen LogP contribution in [0.25, 0.3) is 71.6 Å². The highest BCUT2D eigenvalue weighted by Crippen LogP contribution is 2.70. The number of hydrogen-bond donors (Lipinski definition) is 0. The number of hydrogen-bond acceptors (Lipinski definition) is 1. The van der Waals surface area contributed by atoms with Gasteiger partial charge in [-0.3, -0.25) is 0 Å². The van der Waals surface area contributed by atoms with Crippen LogP contribution in [-0.2, 0) is 5.41 Å². The van der Waals surface area contributed by atoms with Crippen molar-refractivity contribution in [2.45, 2.75) is 5.41 Å². The van der Waals surface area contributed by atoms with Crippen molar-refractivity contribution >= 4 is 49.6 Å². The van der Waals surface area contributed by atoms with Gasteiger partial charge < -0.3 is 9.47 Å². The largest absolute Gasteiger partial charge is 0.310 e. The minimum atomic E-state index is -0.350. The van der Waals surface area contributed by atoms with Gasteiger partial charge in [0.15, 0.2) is 0 Å². The number of fused-ring (bicyclic) bond motifs is 9. The molecule has 0 amide bonds. The van der Waals surface area contributed by atoms with Gasteiger partial charge in [0, 0.05) is 33.2 Å². The fourth-order valence-corrected chi connectivity index (χ4v) is 10.7. The number of nitrogens with zero attached hydrogens (tertiary/aromatic N) is 2. The smallest absolute Gasteiger partial charge is 0.0738 e. The van der Waals surface area contributed by atoms with Gasteiger partial charge in [-0.15, -0.1) is 0 Å². The lowest BCUT2D eigenvalue weighted by molar-refractivity contribution is 0.818. The van der Waals surface area contributed by atoms with E-state index in [1.807, 2.05) is 0 Å². The molecule has 0 saturated heterocycles. The molecule has 1 spiro atoms. The Hall–Kier alpha value is -7.16. The Kier molecular flexibility index (Phi) is 5.59. The summed E-state index contributed by atoms with van der Waals surface area (Å²) in [6, 6.07) is 72.3. The summed E-state index contributed by atoms with van der Waals surface area (Å²) in [5.74, 6) is 0. The van der Waals surface area contributed by atoms with E-state index in [2.05, 4.69) is 204 Å². The van der Waals surface area contributed by atoms with Crippen LogP contribution in [0, 0.1) is 0 Å². The minimum Gasteiger partial charge on any atom is -0.310 e. The third-order valence-corrected chi connectivity index (χ3v) is 12.7. The van der Waals surface area contributed by atoms with Gasteiger partial charge in [0.25, 0.3) is 0 Å². The molecular formula is C53H32N2. The summed E-state index contributed by atoms with van der Waals surface area (Å²) in [6.45, 7) is 0. The molecule has 9 aromatic carbocycles. The quantitative estimate of drug-likeness (QED) is 0.178. The SMILES string of the molecule is c1ccc(-n2c3ccccc3c3cc(N(c4ccc5c(c4)C46c7ccccc7-c7cccc(c74)-c4cccc-5c46)c4cccc5ccccc45)ccc32)cc1. The molecule has 10 aromatic rings. The number of para-hydroxylation sites is 2. The molecule has 13 rings (SSSR count). The molecule has 0 bridgehead atoms. The Labute approximate surface area is 318 Å². The first-order valence-corrected chi connectivity index (χ1v) is 19.2. The van der Waals surface area contributed by atoms with Crippen molar-refractivity contribution < 1.29 is 0 Å². The molecular weight excluding hydrogens is 665 g/mol. The van der Waals surface area contributed by atoms with E-state index in [4.69, 9.17) is 0 Å². The number of aromatic nitrogens is 1. The van der Waals surface area contributed by atoms with Gasteiger partial charge in [0.1, 0.15) is 0 Å². The molecule has 0 fully saturated rings. The van der Waals surface area contributed by atoms with Gasteiger partial charge in [-0.25, -0.2) is 0 Å². The summed E-state index contributed by atoms with van der Waals surface area (Å²) >= 11 is 0. The number of rotatable bonds is 4. The van der Waals surface area contributed by atoms with Gasteiger partial charge in [-0.1, -0.05) is 140 Å². The van der Waals surface area contributed by atoms with Gasteiger partial charge in [0.2, 0.25) is 0 Å². The van der Waals surface area contributed by atoms with E-state index < -0.39 is 0 Å². The zero-order valence-corrected chi connectivity index (χ0v) is 29.9. The van der Waals surface area contributed by atoms with Crippen LogP contribution in [0.15, 0.2) is 194 Å². The van der Waals surface area contributed by atoms with E-state index in [0.29, 0.717) is 0 Å². The molecule has 2 nitrogen and oxygen atoms in total. The van der Waals surface area contributed by atoms with Crippen LogP contribution < -0.4 is 4.90 Å². The molecule has 1 atom stereocenters. The van der Waals surface area contributed by atoms with Crippen LogP contribution in [0.5, 0.6) is 0 Å². The van der Waals surface area contributed by atoms with E-state index in [0.717, 1.165) is 22.7 Å². The molecule has 1 unspecified atom stereocenters. The van der Waals surface area contributed by atoms with Crippen molar-refractivity contribution in [3.05, 3.63) is 216 Å². The Morgan fingerprint density at radius 2 is 0.927 bits per heavy atom. The van der Waals surface area contributed by atoms with Crippen molar-refractivity contribution in [1.82, 2.24) is 4.57 Å². The second-order valence-corrected chi connectivity index (χ2v) is 15.2. The zero-order valence-electron chi connectivity index (χ0n) is 29.9. The monoisotopic (exact) mass is 696 g/mol. The summed E-state index contributed by atoms with van der Waals surface area (Å²) in [5, 5.41) is 4.93. The molecule has 3 aliphatic carbocycles. The van der Waals surface area contributed by atoms with Gasteiger partial charge in [-0.05, 0) is 116 Å². The second kappa shape index (κ2) is 10.5. The highest BCUT2D eigenvalue weighted by Gasteiger charge is 2.57. The normalized spacial score (nSPS) is 15.3. The Balaban J connectivity index is 1.11. The van der Waals surface area contributed by atoms with Gasteiger partial charge >= 0.3 is 0 Å². The van der Waals surface area contributed by atoms with E-state index >= 15 is 0 Å². The van der Waals surface area contributed by atoms with Crippen molar-refractivity contribution in [3.8, 4) is 39.1 Å². The lowest BCUT2D eigenvalue weighted by atomic mass is 9.73. The van der Waals surface area contributed by atoms with Crippen molar-refractivity contribution in [2.75, 3.05) is 4.90 Å². The summed E-state index contributed by atoms with van der Waals surface area (Å²) in [4.78, 5) is 2.50. The van der Waals surface area contributed by atoms with Gasteiger partial charge in [0.05, 0.1) is 22.1 Å². The van der Waals surface area contributed by atoms with Crippen LogP contribution in [0.3, 0.4) is 0 Å². The first kappa shape index (κ1) is 29.3. The summed E-state index contributed by atoms with van der Waals surface area (Å²) in [5.41, 5.74) is 20.5. The van der Waals surface area contributed by atoms with Crippen molar-refractivity contribution in [3.63, 3.8) is 0 Å². The highest BCUT2D eigenvalue weighted by atomic mass is 15.1. The maximum Gasteiger partial charge on any atom is 0.0738 e. The fraction of sp³-hybridized carbons (Fsp3) is 0.0189. The Bertz CT molecular complexity index is 3240. The third-order valence-electron chi connectivity index (χ3n) is 12.7. The number of anilines is 3. The molecule has 254 valence electrons. The van der Waals surface area contributed by atoms with E-state index in [1.54, 1.807) is 0 Å². The van der Waals surface area contributed by atoms with Crippen LogP contribution in [0.4, 0.5) is 17.1 Å². The molecule has 3 aliphatic rings. The summed E-state index contributed by atoms with van der Waals surface area (Å²) in [6.07, 6.45) is 0. The minimum absolute atomic E-state index is 0.350. The Morgan fingerprint density at radius 3 is 1.75 bits per heavy atom.